The average molecular weight is 443 g/mol. The fraction of sp³-hybridized carbons (Fsp3) is 0.333. The van der Waals surface area contributed by atoms with E-state index < -0.39 is 0 Å². The number of rotatable bonds is 6. The Morgan fingerprint density at radius 3 is 2.73 bits per heavy atom. The van der Waals surface area contributed by atoms with Crippen LogP contribution in [0.15, 0.2) is 47.6 Å². The van der Waals surface area contributed by atoms with Crippen LogP contribution in [0.25, 0.3) is 5.69 Å². The molecular formula is C21H23ClN6OS. The minimum absolute atomic E-state index is 0.125. The number of aromatic nitrogens is 4. The number of piperidine rings is 1. The van der Waals surface area contributed by atoms with Crippen molar-refractivity contribution in [1.82, 2.24) is 20.2 Å². The van der Waals surface area contributed by atoms with Crippen LogP contribution in [-0.4, -0.2) is 45.0 Å². The standard InChI is InChI=1S/C21H23ClN6OS/c1-15-8-3-4-11-18(15)28-21(24-25-26-28)30-14-19(29)23-17-10-7-9-16(22)20(17)27-12-5-2-6-13-27/h3-4,7-11H,2,5-6,12-14H2,1H3,(H,23,29). The minimum atomic E-state index is -0.125. The molecule has 1 aliphatic heterocycles. The van der Waals surface area contributed by atoms with Gasteiger partial charge in [-0.2, -0.15) is 4.68 Å². The Bertz CT molecular complexity index is 1030. The van der Waals surface area contributed by atoms with Gasteiger partial charge in [0.25, 0.3) is 0 Å². The molecule has 156 valence electrons. The molecule has 1 aromatic heterocycles. The number of nitrogens with one attached hydrogen (secondary N) is 1. The molecule has 0 bridgehead atoms. The van der Waals surface area contributed by atoms with Crippen molar-refractivity contribution in [1.29, 1.82) is 0 Å². The first-order valence-corrected chi connectivity index (χ1v) is 11.3. The molecule has 0 spiro atoms. The molecule has 1 N–H and O–H groups in total. The van der Waals surface area contributed by atoms with E-state index in [1.165, 1.54) is 18.2 Å². The third kappa shape index (κ3) is 4.60. The second-order valence-electron chi connectivity index (χ2n) is 7.18. The Kier molecular flexibility index (Phi) is 6.54. The molecule has 1 saturated heterocycles. The highest BCUT2D eigenvalue weighted by Gasteiger charge is 2.19. The number of halogens is 1. The van der Waals surface area contributed by atoms with Crippen LogP contribution in [0.5, 0.6) is 0 Å². The summed E-state index contributed by atoms with van der Waals surface area (Å²) in [6, 6.07) is 13.5. The number of para-hydroxylation sites is 2. The number of hydrogen-bond acceptors (Lipinski definition) is 6. The van der Waals surface area contributed by atoms with Gasteiger partial charge in [0, 0.05) is 13.1 Å². The fourth-order valence-corrected chi connectivity index (χ4v) is 4.57. The molecule has 3 aromatic rings. The first-order valence-electron chi connectivity index (χ1n) is 9.94. The van der Waals surface area contributed by atoms with E-state index >= 15 is 0 Å². The van der Waals surface area contributed by atoms with E-state index in [0.717, 1.165) is 48.6 Å². The van der Waals surface area contributed by atoms with Crippen LogP contribution in [0, 0.1) is 6.92 Å². The summed E-state index contributed by atoms with van der Waals surface area (Å²) < 4.78 is 1.66. The number of carbonyl (C=O) groups is 1. The van der Waals surface area contributed by atoms with Crippen molar-refractivity contribution in [2.75, 3.05) is 29.1 Å². The van der Waals surface area contributed by atoms with E-state index in [4.69, 9.17) is 11.6 Å². The first kappa shape index (κ1) is 20.7. The zero-order chi connectivity index (χ0) is 20.9. The highest BCUT2D eigenvalue weighted by molar-refractivity contribution is 7.99. The number of benzene rings is 2. The maximum absolute atomic E-state index is 12.7. The highest BCUT2D eigenvalue weighted by atomic mass is 35.5. The molecule has 0 radical (unpaired) electrons. The maximum Gasteiger partial charge on any atom is 0.234 e. The van der Waals surface area contributed by atoms with Gasteiger partial charge in [-0.15, -0.1) is 5.10 Å². The summed E-state index contributed by atoms with van der Waals surface area (Å²) in [6.07, 6.45) is 3.50. The summed E-state index contributed by atoms with van der Waals surface area (Å²) in [4.78, 5) is 15.0. The highest BCUT2D eigenvalue weighted by Crippen LogP contribution is 2.35. The Labute approximate surface area is 184 Å². The fourth-order valence-electron chi connectivity index (χ4n) is 3.59. The summed E-state index contributed by atoms with van der Waals surface area (Å²) in [7, 11) is 0. The van der Waals surface area contributed by atoms with E-state index in [-0.39, 0.29) is 11.7 Å². The van der Waals surface area contributed by atoms with Crippen molar-refractivity contribution in [2.24, 2.45) is 0 Å². The second kappa shape index (κ2) is 9.49. The van der Waals surface area contributed by atoms with Crippen molar-refractivity contribution in [2.45, 2.75) is 31.3 Å². The molecule has 1 aliphatic rings. The number of aryl methyl sites for hydroxylation is 1. The Morgan fingerprint density at radius 1 is 1.13 bits per heavy atom. The molecule has 1 amide bonds. The van der Waals surface area contributed by atoms with Gasteiger partial charge in [0.2, 0.25) is 11.1 Å². The lowest BCUT2D eigenvalue weighted by atomic mass is 10.1. The molecule has 2 heterocycles. The van der Waals surface area contributed by atoms with Crippen molar-refractivity contribution in [3.63, 3.8) is 0 Å². The number of thioether (sulfide) groups is 1. The van der Waals surface area contributed by atoms with Gasteiger partial charge in [-0.05, 0) is 60.4 Å². The lowest BCUT2D eigenvalue weighted by Crippen LogP contribution is -2.31. The van der Waals surface area contributed by atoms with Gasteiger partial charge in [-0.3, -0.25) is 4.79 Å². The largest absolute Gasteiger partial charge is 0.369 e. The van der Waals surface area contributed by atoms with Gasteiger partial charge in [0.1, 0.15) is 0 Å². The minimum Gasteiger partial charge on any atom is -0.369 e. The molecule has 0 aliphatic carbocycles. The zero-order valence-electron chi connectivity index (χ0n) is 16.7. The summed E-state index contributed by atoms with van der Waals surface area (Å²) >= 11 is 7.78. The van der Waals surface area contributed by atoms with Crippen LogP contribution in [0.4, 0.5) is 11.4 Å². The molecule has 0 saturated carbocycles. The number of hydrogen-bond donors (Lipinski definition) is 1. The molecule has 9 heteroatoms. The Balaban J connectivity index is 1.45. The SMILES string of the molecule is Cc1ccccc1-n1nnnc1SCC(=O)Nc1cccc(Cl)c1N1CCCCC1. The molecule has 0 unspecified atom stereocenters. The summed E-state index contributed by atoms with van der Waals surface area (Å²) in [5.41, 5.74) is 3.60. The predicted octanol–water partition coefficient (Wildman–Crippen LogP) is 4.35. The first-order chi connectivity index (χ1) is 14.6. The van der Waals surface area contributed by atoms with E-state index in [0.29, 0.717) is 10.2 Å². The van der Waals surface area contributed by atoms with Crippen LogP contribution in [0.1, 0.15) is 24.8 Å². The van der Waals surface area contributed by atoms with Crippen molar-refractivity contribution in [3.8, 4) is 5.69 Å². The Hall–Kier alpha value is -2.58. The molecular weight excluding hydrogens is 420 g/mol. The van der Waals surface area contributed by atoms with Crippen LogP contribution >= 0.6 is 23.4 Å². The third-order valence-electron chi connectivity index (χ3n) is 5.05. The van der Waals surface area contributed by atoms with Crippen LogP contribution in [0.2, 0.25) is 5.02 Å². The quantitative estimate of drug-likeness (QED) is 0.572. The van der Waals surface area contributed by atoms with Crippen LogP contribution in [-0.2, 0) is 4.79 Å². The number of tetrazole rings is 1. The lowest BCUT2D eigenvalue weighted by molar-refractivity contribution is -0.113. The number of nitrogens with zero attached hydrogens (tertiary/aromatic N) is 5. The van der Waals surface area contributed by atoms with E-state index in [1.54, 1.807) is 4.68 Å². The Morgan fingerprint density at radius 2 is 1.93 bits per heavy atom. The van der Waals surface area contributed by atoms with Gasteiger partial charge < -0.3 is 10.2 Å². The second-order valence-corrected chi connectivity index (χ2v) is 8.53. The van der Waals surface area contributed by atoms with Crippen molar-refractivity contribution >= 4 is 40.6 Å². The smallest absolute Gasteiger partial charge is 0.234 e. The van der Waals surface area contributed by atoms with E-state index in [1.807, 2.05) is 49.4 Å². The topological polar surface area (TPSA) is 75.9 Å². The molecule has 0 atom stereocenters. The van der Waals surface area contributed by atoms with E-state index in [9.17, 15) is 4.79 Å². The van der Waals surface area contributed by atoms with Crippen LogP contribution in [0.3, 0.4) is 0 Å². The zero-order valence-corrected chi connectivity index (χ0v) is 18.3. The summed E-state index contributed by atoms with van der Waals surface area (Å²) in [6.45, 7) is 3.90. The monoisotopic (exact) mass is 442 g/mol. The van der Waals surface area contributed by atoms with Crippen LogP contribution < -0.4 is 10.2 Å². The normalized spacial score (nSPS) is 14.0. The van der Waals surface area contributed by atoms with E-state index in [2.05, 4.69) is 25.7 Å². The molecule has 1 fully saturated rings. The number of carbonyl (C=O) groups excluding carboxylic acids is 1. The molecule has 30 heavy (non-hydrogen) atoms. The van der Waals surface area contributed by atoms with Gasteiger partial charge in [-0.25, -0.2) is 0 Å². The molecule has 2 aromatic carbocycles. The van der Waals surface area contributed by atoms with Gasteiger partial charge in [-0.1, -0.05) is 47.6 Å². The average Bonchev–Trinajstić information content (AvgIpc) is 3.22. The predicted molar refractivity (Wildman–Crippen MR) is 121 cm³/mol. The molecule has 7 nitrogen and oxygen atoms in total. The third-order valence-corrected chi connectivity index (χ3v) is 6.27. The number of amides is 1. The van der Waals surface area contributed by atoms with Gasteiger partial charge in [0.15, 0.2) is 0 Å². The summed E-state index contributed by atoms with van der Waals surface area (Å²) in [5.74, 6) is 0.0675. The van der Waals surface area contributed by atoms with Gasteiger partial charge >= 0.3 is 0 Å². The van der Waals surface area contributed by atoms with Gasteiger partial charge in [0.05, 0.1) is 27.8 Å². The number of anilines is 2. The molecule has 4 rings (SSSR count). The maximum atomic E-state index is 12.7. The van der Waals surface area contributed by atoms with Crippen molar-refractivity contribution in [3.05, 3.63) is 53.1 Å². The van der Waals surface area contributed by atoms with Crippen molar-refractivity contribution < 1.29 is 4.79 Å². The summed E-state index contributed by atoms with van der Waals surface area (Å²) in [5, 5.41) is 16.2. The lowest BCUT2D eigenvalue weighted by Gasteiger charge is -2.31.